The van der Waals surface area contributed by atoms with E-state index >= 15 is 0 Å². The molecule has 0 saturated carbocycles. The molecule has 0 atom stereocenters. The Kier molecular flexibility index (Phi) is 4.33. The lowest BCUT2D eigenvalue weighted by atomic mass is 10.0. The van der Waals surface area contributed by atoms with E-state index < -0.39 is 0 Å². The molecule has 0 unspecified atom stereocenters. The van der Waals surface area contributed by atoms with Crippen LogP contribution in [0.5, 0.6) is 0 Å². The lowest BCUT2D eigenvalue weighted by Crippen LogP contribution is -2.10. The van der Waals surface area contributed by atoms with Crippen molar-refractivity contribution in [2.45, 2.75) is 6.92 Å². The van der Waals surface area contributed by atoms with Gasteiger partial charge in [0.1, 0.15) is 0 Å². The van der Waals surface area contributed by atoms with Crippen LogP contribution in [-0.4, -0.2) is 16.0 Å². The first-order valence-electron chi connectivity index (χ1n) is 8.05. The smallest absolute Gasteiger partial charge is 0.296 e. The van der Waals surface area contributed by atoms with E-state index in [2.05, 4.69) is 39.7 Å². The summed E-state index contributed by atoms with van der Waals surface area (Å²) in [4.78, 5) is 16.6. The zero-order chi connectivity index (χ0) is 17.9. The average Bonchev–Trinajstić information content (AvgIpc) is 3.32. The molecule has 4 aromatic rings. The van der Waals surface area contributed by atoms with Crippen LogP contribution in [0.3, 0.4) is 0 Å². The summed E-state index contributed by atoms with van der Waals surface area (Å²) in [5.41, 5.74) is 4.80. The minimum atomic E-state index is -0.356. The van der Waals surface area contributed by atoms with E-state index in [1.807, 2.05) is 35.7 Å². The number of anilines is 1. The van der Waals surface area contributed by atoms with E-state index in [0.717, 1.165) is 16.8 Å². The normalized spacial score (nSPS) is 10.7. The third-order valence-electron chi connectivity index (χ3n) is 3.86. The van der Waals surface area contributed by atoms with Crippen LogP contribution in [0.1, 0.15) is 16.2 Å². The zero-order valence-electron chi connectivity index (χ0n) is 14.0. The Hall–Kier alpha value is -3.25. The van der Waals surface area contributed by atoms with Gasteiger partial charge in [-0.05, 0) is 18.1 Å². The standard InChI is InChI=1S/C20H15N3O2S/c1-13-11-18(25-23-13)19(24)22-20-21-17(12-26-20)16-9-7-15(8-10-16)14-5-3-2-4-6-14/h2-12H,1H3,(H,21,22,24). The van der Waals surface area contributed by atoms with Crippen LogP contribution in [0.25, 0.3) is 22.4 Å². The van der Waals surface area contributed by atoms with Crippen molar-refractivity contribution in [3.8, 4) is 22.4 Å². The maximum atomic E-state index is 12.1. The van der Waals surface area contributed by atoms with E-state index in [-0.39, 0.29) is 11.7 Å². The summed E-state index contributed by atoms with van der Waals surface area (Å²) >= 11 is 1.37. The molecule has 0 bridgehead atoms. The molecule has 0 fully saturated rings. The average molecular weight is 361 g/mol. The number of nitrogens with one attached hydrogen (secondary N) is 1. The highest BCUT2D eigenvalue weighted by atomic mass is 32.1. The fraction of sp³-hybridized carbons (Fsp3) is 0.0500. The van der Waals surface area contributed by atoms with Crippen molar-refractivity contribution in [2.75, 3.05) is 5.32 Å². The van der Waals surface area contributed by atoms with Gasteiger partial charge < -0.3 is 4.52 Å². The minimum absolute atomic E-state index is 0.173. The lowest BCUT2D eigenvalue weighted by Gasteiger charge is -2.03. The molecule has 5 nitrogen and oxygen atoms in total. The van der Waals surface area contributed by atoms with Crippen molar-refractivity contribution in [2.24, 2.45) is 0 Å². The fourth-order valence-electron chi connectivity index (χ4n) is 2.56. The highest BCUT2D eigenvalue weighted by Crippen LogP contribution is 2.27. The molecule has 0 aliphatic heterocycles. The SMILES string of the molecule is Cc1cc(C(=O)Nc2nc(-c3ccc(-c4ccccc4)cc3)cs2)on1. The van der Waals surface area contributed by atoms with Gasteiger partial charge in [0.25, 0.3) is 5.91 Å². The molecule has 0 radical (unpaired) electrons. The van der Waals surface area contributed by atoms with Gasteiger partial charge in [-0.15, -0.1) is 11.3 Å². The minimum Gasteiger partial charge on any atom is -0.351 e. The van der Waals surface area contributed by atoms with Gasteiger partial charge in [-0.3, -0.25) is 10.1 Å². The van der Waals surface area contributed by atoms with Crippen molar-refractivity contribution in [3.05, 3.63) is 77.5 Å². The van der Waals surface area contributed by atoms with Crippen molar-refractivity contribution in [3.63, 3.8) is 0 Å². The number of rotatable bonds is 4. The first-order valence-corrected chi connectivity index (χ1v) is 8.93. The number of thiazole rings is 1. The van der Waals surface area contributed by atoms with Crippen LogP contribution in [0.15, 0.2) is 70.6 Å². The van der Waals surface area contributed by atoms with Crippen LogP contribution in [0, 0.1) is 6.92 Å². The molecular formula is C20H15N3O2S. The van der Waals surface area contributed by atoms with Crippen LogP contribution in [0.2, 0.25) is 0 Å². The molecule has 0 saturated heterocycles. The number of hydrogen-bond acceptors (Lipinski definition) is 5. The largest absolute Gasteiger partial charge is 0.351 e. The maximum absolute atomic E-state index is 12.1. The second-order valence-electron chi connectivity index (χ2n) is 5.77. The molecule has 2 aromatic carbocycles. The molecule has 0 spiro atoms. The predicted octanol–water partition coefficient (Wildman–Crippen LogP) is 5.03. The van der Waals surface area contributed by atoms with Crippen molar-refractivity contribution in [1.82, 2.24) is 10.1 Å². The van der Waals surface area contributed by atoms with Gasteiger partial charge in [0.15, 0.2) is 5.13 Å². The Balaban J connectivity index is 1.50. The Morgan fingerprint density at radius 3 is 2.38 bits per heavy atom. The number of aryl methyl sites for hydroxylation is 1. The number of carbonyl (C=O) groups excluding carboxylic acids is 1. The molecule has 0 aliphatic carbocycles. The van der Waals surface area contributed by atoms with Gasteiger partial charge in [-0.1, -0.05) is 59.8 Å². The first kappa shape index (κ1) is 16.2. The summed E-state index contributed by atoms with van der Waals surface area (Å²) in [5.74, 6) is -0.183. The summed E-state index contributed by atoms with van der Waals surface area (Å²) in [6.07, 6.45) is 0. The van der Waals surface area contributed by atoms with E-state index in [9.17, 15) is 4.79 Å². The summed E-state index contributed by atoms with van der Waals surface area (Å²) in [5, 5.41) is 8.88. The van der Waals surface area contributed by atoms with Crippen LogP contribution in [0.4, 0.5) is 5.13 Å². The van der Waals surface area contributed by atoms with Crippen molar-refractivity contribution in [1.29, 1.82) is 0 Å². The van der Waals surface area contributed by atoms with Crippen LogP contribution >= 0.6 is 11.3 Å². The molecule has 26 heavy (non-hydrogen) atoms. The van der Waals surface area contributed by atoms with Gasteiger partial charge in [0.05, 0.1) is 11.4 Å². The van der Waals surface area contributed by atoms with Gasteiger partial charge in [-0.2, -0.15) is 0 Å². The third kappa shape index (κ3) is 3.41. The van der Waals surface area contributed by atoms with Crippen LogP contribution in [-0.2, 0) is 0 Å². The molecular weight excluding hydrogens is 346 g/mol. The fourth-order valence-corrected chi connectivity index (χ4v) is 3.27. The Bertz CT molecular complexity index is 1040. The number of benzene rings is 2. The van der Waals surface area contributed by atoms with E-state index in [4.69, 9.17) is 4.52 Å². The van der Waals surface area contributed by atoms with E-state index in [1.54, 1.807) is 13.0 Å². The van der Waals surface area contributed by atoms with Gasteiger partial charge >= 0.3 is 0 Å². The Labute approximate surface area is 154 Å². The second-order valence-corrected chi connectivity index (χ2v) is 6.63. The summed E-state index contributed by atoms with van der Waals surface area (Å²) in [7, 11) is 0. The summed E-state index contributed by atoms with van der Waals surface area (Å²) in [6, 6.07) is 20.0. The van der Waals surface area contributed by atoms with E-state index in [0.29, 0.717) is 10.8 Å². The molecule has 1 N–H and O–H groups in total. The number of aromatic nitrogens is 2. The maximum Gasteiger partial charge on any atom is 0.296 e. The molecule has 128 valence electrons. The van der Waals surface area contributed by atoms with Gasteiger partial charge in [0.2, 0.25) is 5.76 Å². The number of amides is 1. The van der Waals surface area contributed by atoms with Crippen molar-refractivity contribution >= 4 is 22.4 Å². The molecule has 0 aliphatic rings. The quantitative estimate of drug-likeness (QED) is 0.554. The number of nitrogens with zero attached hydrogens (tertiary/aromatic N) is 2. The Morgan fingerprint density at radius 2 is 1.69 bits per heavy atom. The summed E-state index contributed by atoms with van der Waals surface area (Å²) in [6.45, 7) is 1.76. The van der Waals surface area contributed by atoms with E-state index in [1.165, 1.54) is 16.9 Å². The first-order chi connectivity index (χ1) is 12.7. The molecule has 2 aromatic heterocycles. The van der Waals surface area contributed by atoms with Gasteiger partial charge in [0, 0.05) is 17.0 Å². The molecule has 1 amide bonds. The second kappa shape index (κ2) is 6.93. The van der Waals surface area contributed by atoms with Crippen LogP contribution < -0.4 is 5.32 Å². The lowest BCUT2D eigenvalue weighted by molar-refractivity contribution is 0.0988. The highest BCUT2D eigenvalue weighted by Gasteiger charge is 2.14. The molecule has 2 heterocycles. The third-order valence-corrected chi connectivity index (χ3v) is 4.62. The zero-order valence-corrected chi connectivity index (χ0v) is 14.8. The molecule has 6 heteroatoms. The predicted molar refractivity (Wildman–Crippen MR) is 102 cm³/mol. The Morgan fingerprint density at radius 1 is 1.00 bits per heavy atom. The number of carbonyl (C=O) groups is 1. The monoisotopic (exact) mass is 361 g/mol. The highest BCUT2D eigenvalue weighted by molar-refractivity contribution is 7.14. The topological polar surface area (TPSA) is 68.0 Å². The molecule has 4 rings (SSSR count). The summed E-state index contributed by atoms with van der Waals surface area (Å²) < 4.78 is 4.96. The number of hydrogen-bond donors (Lipinski definition) is 1. The van der Waals surface area contributed by atoms with Crippen molar-refractivity contribution < 1.29 is 9.32 Å². The van der Waals surface area contributed by atoms with Gasteiger partial charge in [-0.25, -0.2) is 4.98 Å².